The first kappa shape index (κ1) is 12.0. The highest BCUT2D eigenvalue weighted by molar-refractivity contribution is 4.67. The van der Waals surface area contributed by atoms with Gasteiger partial charge in [-0.1, -0.05) is 19.8 Å². The number of rotatable bonds is 7. The Hall–Kier alpha value is -0.120. The van der Waals surface area contributed by atoms with Crippen molar-refractivity contribution in [2.75, 3.05) is 45.8 Å². The van der Waals surface area contributed by atoms with Crippen LogP contribution in [0.25, 0.3) is 0 Å². The van der Waals surface area contributed by atoms with Crippen LogP contribution in [0.15, 0.2) is 0 Å². The van der Waals surface area contributed by atoms with Crippen molar-refractivity contribution in [2.24, 2.45) is 0 Å². The molecule has 0 saturated carbocycles. The first-order valence-electron chi connectivity index (χ1n) is 6.07. The molecular formula is C11H25N3. The van der Waals surface area contributed by atoms with Crippen LogP contribution in [0.3, 0.4) is 0 Å². The van der Waals surface area contributed by atoms with E-state index in [9.17, 15) is 0 Å². The second-order valence-corrected chi connectivity index (χ2v) is 4.05. The van der Waals surface area contributed by atoms with Gasteiger partial charge >= 0.3 is 0 Å². The molecule has 3 heteroatoms. The van der Waals surface area contributed by atoms with Crippen LogP contribution in [0.2, 0.25) is 0 Å². The molecule has 0 atom stereocenters. The van der Waals surface area contributed by atoms with Gasteiger partial charge in [-0.25, -0.2) is 0 Å². The molecule has 84 valence electrons. The molecule has 1 saturated heterocycles. The minimum Gasteiger partial charge on any atom is -0.315 e. The van der Waals surface area contributed by atoms with Crippen molar-refractivity contribution in [3.8, 4) is 0 Å². The molecule has 0 aromatic rings. The van der Waals surface area contributed by atoms with Gasteiger partial charge in [-0.05, 0) is 13.0 Å². The van der Waals surface area contributed by atoms with Gasteiger partial charge in [-0.15, -0.1) is 0 Å². The molecule has 0 bridgehead atoms. The molecule has 1 heterocycles. The Morgan fingerprint density at radius 1 is 1.14 bits per heavy atom. The zero-order valence-electron chi connectivity index (χ0n) is 9.52. The molecule has 0 aromatic carbocycles. The molecule has 3 nitrogen and oxygen atoms in total. The topological polar surface area (TPSA) is 27.3 Å². The summed E-state index contributed by atoms with van der Waals surface area (Å²) in [6.45, 7) is 10.6. The highest BCUT2D eigenvalue weighted by Gasteiger charge is 2.07. The Bertz CT molecular complexity index is 122. The summed E-state index contributed by atoms with van der Waals surface area (Å²) >= 11 is 0. The predicted octanol–water partition coefficient (Wildman–Crippen LogP) is 0.671. The lowest BCUT2D eigenvalue weighted by molar-refractivity contribution is 0.241. The van der Waals surface area contributed by atoms with Gasteiger partial charge in [0.25, 0.3) is 0 Å². The quantitative estimate of drug-likeness (QED) is 0.590. The largest absolute Gasteiger partial charge is 0.315 e. The fourth-order valence-electron chi connectivity index (χ4n) is 1.80. The van der Waals surface area contributed by atoms with Crippen molar-refractivity contribution in [1.82, 2.24) is 15.5 Å². The van der Waals surface area contributed by atoms with E-state index in [-0.39, 0.29) is 0 Å². The highest BCUT2D eigenvalue weighted by atomic mass is 15.2. The molecule has 1 aliphatic heterocycles. The molecular weight excluding hydrogens is 174 g/mol. The van der Waals surface area contributed by atoms with E-state index in [1.54, 1.807) is 0 Å². The SMILES string of the molecule is CCCCCNCCN1CCNCC1. The highest BCUT2D eigenvalue weighted by Crippen LogP contribution is 1.92. The molecule has 0 aliphatic carbocycles. The van der Waals surface area contributed by atoms with E-state index < -0.39 is 0 Å². The molecule has 0 spiro atoms. The van der Waals surface area contributed by atoms with E-state index in [0.717, 1.165) is 19.6 Å². The van der Waals surface area contributed by atoms with Crippen LogP contribution in [0.1, 0.15) is 26.2 Å². The number of nitrogens with zero attached hydrogens (tertiary/aromatic N) is 1. The Morgan fingerprint density at radius 3 is 2.64 bits per heavy atom. The first-order valence-corrected chi connectivity index (χ1v) is 6.07. The van der Waals surface area contributed by atoms with Gasteiger partial charge in [0.2, 0.25) is 0 Å². The second kappa shape index (κ2) is 8.21. The maximum atomic E-state index is 3.51. The summed E-state index contributed by atoms with van der Waals surface area (Å²) in [5.41, 5.74) is 0. The van der Waals surface area contributed by atoms with Gasteiger partial charge < -0.3 is 10.6 Å². The molecule has 0 aromatic heterocycles. The van der Waals surface area contributed by atoms with Crippen molar-refractivity contribution in [3.63, 3.8) is 0 Å². The molecule has 0 unspecified atom stereocenters. The van der Waals surface area contributed by atoms with Crippen LogP contribution < -0.4 is 10.6 Å². The van der Waals surface area contributed by atoms with E-state index in [4.69, 9.17) is 0 Å². The third-order valence-electron chi connectivity index (χ3n) is 2.77. The Labute approximate surface area is 88.2 Å². The number of nitrogens with one attached hydrogen (secondary N) is 2. The lowest BCUT2D eigenvalue weighted by atomic mass is 10.2. The third kappa shape index (κ3) is 5.58. The van der Waals surface area contributed by atoms with Crippen LogP contribution in [-0.4, -0.2) is 50.7 Å². The van der Waals surface area contributed by atoms with Gasteiger partial charge in [0, 0.05) is 39.3 Å². The summed E-state index contributed by atoms with van der Waals surface area (Å²) in [6, 6.07) is 0. The molecule has 1 rings (SSSR count). The number of hydrogen-bond acceptors (Lipinski definition) is 3. The Balaban J connectivity index is 1.82. The van der Waals surface area contributed by atoms with Crippen LogP contribution in [0.5, 0.6) is 0 Å². The summed E-state index contributed by atoms with van der Waals surface area (Å²) in [4.78, 5) is 2.53. The summed E-state index contributed by atoms with van der Waals surface area (Å²) < 4.78 is 0. The maximum absolute atomic E-state index is 3.51. The summed E-state index contributed by atoms with van der Waals surface area (Å²) in [5, 5.41) is 6.88. The number of unbranched alkanes of at least 4 members (excludes halogenated alkanes) is 2. The number of hydrogen-bond donors (Lipinski definition) is 2. The average Bonchev–Trinajstić information content (AvgIpc) is 2.25. The van der Waals surface area contributed by atoms with E-state index in [1.807, 2.05) is 0 Å². The van der Waals surface area contributed by atoms with E-state index in [1.165, 1.54) is 45.4 Å². The van der Waals surface area contributed by atoms with E-state index in [0.29, 0.717) is 0 Å². The minimum atomic E-state index is 1.16. The van der Waals surface area contributed by atoms with Crippen molar-refractivity contribution < 1.29 is 0 Å². The standard InChI is InChI=1S/C11H25N3/c1-2-3-4-5-12-6-9-14-10-7-13-8-11-14/h12-13H,2-11H2,1H3. The number of piperazine rings is 1. The van der Waals surface area contributed by atoms with Crippen LogP contribution in [0.4, 0.5) is 0 Å². The van der Waals surface area contributed by atoms with Crippen LogP contribution in [-0.2, 0) is 0 Å². The van der Waals surface area contributed by atoms with Gasteiger partial charge in [-0.3, -0.25) is 4.90 Å². The molecule has 2 N–H and O–H groups in total. The fourth-order valence-corrected chi connectivity index (χ4v) is 1.80. The van der Waals surface area contributed by atoms with Crippen LogP contribution >= 0.6 is 0 Å². The molecule has 0 amide bonds. The van der Waals surface area contributed by atoms with Crippen molar-refractivity contribution in [2.45, 2.75) is 26.2 Å². The predicted molar refractivity (Wildman–Crippen MR) is 61.7 cm³/mol. The van der Waals surface area contributed by atoms with Gasteiger partial charge in [0.05, 0.1) is 0 Å². The average molecular weight is 199 g/mol. The second-order valence-electron chi connectivity index (χ2n) is 4.05. The Morgan fingerprint density at radius 2 is 1.93 bits per heavy atom. The minimum absolute atomic E-state index is 1.16. The monoisotopic (exact) mass is 199 g/mol. The van der Waals surface area contributed by atoms with Gasteiger partial charge in [0.1, 0.15) is 0 Å². The maximum Gasteiger partial charge on any atom is 0.0108 e. The first-order chi connectivity index (χ1) is 6.93. The van der Waals surface area contributed by atoms with E-state index >= 15 is 0 Å². The Kier molecular flexibility index (Phi) is 7.01. The van der Waals surface area contributed by atoms with E-state index in [2.05, 4.69) is 22.5 Å². The fraction of sp³-hybridized carbons (Fsp3) is 1.00. The third-order valence-corrected chi connectivity index (χ3v) is 2.77. The van der Waals surface area contributed by atoms with Crippen molar-refractivity contribution in [3.05, 3.63) is 0 Å². The molecule has 0 radical (unpaired) electrons. The lowest BCUT2D eigenvalue weighted by Crippen LogP contribution is -2.45. The normalized spacial score (nSPS) is 18.6. The summed E-state index contributed by atoms with van der Waals surface area (Å²) in [7, 11) is 0. The molecule has 1 aliphatic rings. The zero-order valence-corrected chi connectivity index (χ0v) is 9.52. The van der Waals surface area contributed by atoms with Crippen molar-refractivity contribution >= 4 is 0 Å². The van der Waals surface area contributed by atoms with Crippen LogP contribution in [0, 0.1) is 0 Å². The lowest BCUT2D eigenvalue weighted by Gasteiger charge is -2.27. The van der Waals surface area contributed by atoms with Crippen molar-refractivity contribution in [1.29, 1.82) is 0 Å². The molecule has 14 heavy (non-hydrogen) atoms. The molecule has 1 fully saturated rings. The van der Waals surface area contributed by atoms with Gasteiger partial charge in [-0.2, -0.15) is 0 Å². The smallest absolute Gasteiger partial charge is 0.0108 e. The summed E-state index contributed by atoms with van der Waals surface area (Å²) in [5.74, 6) is 0. The summed E-state index contributed by atoms with van der Waals surface area (Å²) in [6.07, 6.45) is 4.01. The van der Waals surface area contributed by atoms with Gasteiger partial charge in [0.15, 0.2) is 0 Å². The zero-order chi connectivity index (χ0) is 10.1.